The van der Waals surface area contributed by atoms with E-state index in [0.29, 0.717) is 16.3 Å². The maximum atomic E-state index is 11.9. The molecule has 0 saturated heterocycles. The van der Waals surface area contributed by atoms with Crippen LogP contribution in [0.2, 0.25) is 0 Å². The summed E-state index contributed by atoms with van der Waals surface area (Å²) < 4.78 is 0. The smallest absolute Gasteiger partial charge is 0.230 e. The van der Waals surface area contributed by atoms with Gasteiger partial charge in [0, 0.05) is 6.54 Å². The molecular weight excluding hydrogens is 220 g/mol. The number of hydrogen-bond acceptors (Lipinski definition) is 2. The first-order chi connectivity index (χ1) is 7.25. The van der Waals surface area contributed by atoms with Crippen LogP contribution >= 0.6 is 12.2 Å². The minimum atomic E-state index is -0.336. The van der Waals surface area contributed by atoms with E-state index in [0.717, 1.165) is 6.54 Å². The zero-order chi connectivity index (χ0) is 12.5. The average molecular weight is 242 g/mol. The van der Waals surface area contributed by atoms with Crippen LogP contribution in [0.1, 0.15) is 34.1 Å². The van der Waals surface area contributed by atoms with E-state index in [1.807, 2.05) is 13.8 Å². The van der Waals surface area contributed by atoms with Crippen LogP contribution in [0.3, 0.4) is 0 Å². The molecule has 0 spiro atoms. The summed E-state index contributed by atoms with van der Waals surface area (Å²) in [5.74, 6) is 0.405. The molecule has 0 bridgehead atoms. The van der Waals surface area contributed by atoms with Crippen LogP contribution in [-0.4, -0.2) is 17.4 Å². The van der Waals surface area contributed by atoms with Gasteiger partial charge in [-0.15, -0.1) is 0 Å². The third-order valence-electron chi connectivity index (χ3n) is 3.50. The topological polar surface area (TPSA) is 55.1 Å². The van der Waals surface area contributed by atoms with Gasteiger partial charge in [0.05, 0.1) is 10.9 Å². The van der Waals surface area contributed by atoms with Gasteiger partial charge in [0.2, 0.25) is 5.91 Å². The lowest BCUT2D eigenvalue weighted by molar-refractivity contribution is -0.124. The van der Waals surface area contributed by atoms with E-state index in [2.05, 4.69) is 19.2 Å². The number of hydrogen-bond donors (Lipinski definition) is 2. The lowest BCUT2D eigenvalue weighted by atomic mass is 9.95. The van der Waals surface area contributed by atoms with Crippen molar-refractivity contribution in [1.82, 2.24) is 5.32 Å². The number of rotatable bonds is 5. The fourth-order valence-electron chi connectivity index (χ4n) is 2.02. The molecule has 2 atom stereocenters. The van der Waals surface area contributed by atoms with Crippen LogP contribution < -0.4 is 11.1 Å². The molecule has 3 N–H and O–H groups in total. The molecule has 2 unspecified atom stereocenters. The van der Waals surface area contributed by atoms with E-state index in [9.17, 15) is 4.79 Å². The van der Waals surface area contributed by atoms with Crippen molar-refractivity contribution in [2.24, 2.45) is 28.9 Å². The van der Waals surface area contributed by atoms with Gasteiger partial charge in [-0.25, -0.2) is 0 Å². The Morgan fingerprint density at radius 2 is 2.06 bits per heavy atom. The fraction of sp³-hybridized carbons (Fsp3) is 0.833. The number of thiocarbonyl (C=S) groups is 1. The fourth-order valence-corrected chi connectivity index (χ4v) is 2.40. The van der Waals surface area contributed by atoms with E-state index < -0.39 is 0 Å². The molecule has 0 aromatic rings. The second-order valence-corrected chi connectivity index (χ2v) is 6.23. The highest BCUT2D eigenvalue weighted by atomic mass is 32.1. The maximum Gasteiger partial charge on any atom is 0.230 e. The molecule has 16 heavy (non-hydrogen) atoms. The number of carbonyl (C=O) groups is 1. The standard InChI is InChI=1S/C12H22N2OS/c1-7(2)9(10(13)16)11(15)14-6-8-5-12(8,3)4/h7-9H,5-6H2,1-4H3,(H2,13,16)(H,14,15). The molecule has 0 heterocycles. The van der Waals surface area contributed by atoms with E-state index >= 15 is 0 Å². The highest BCUT2D eigenvalue weighted by molar-refractivity contribution is 7.80. The molecule has 3 nitrogen and oxygen atoms in total. The Kier molecular flexibility index (Phi) is 3.94. The molecule has 0 radical (unpaired) electrons. The number of carbonyl (C=O) groups excluding carboxylic acids is 1. The molecule has 1 amide bonds. The van der Waals surface area contributed by atoms with Gasteiger partial charge in [-0.3, -0.25) is 4.79 Å². The molecule has 92 valence electrons. The van der Waals surface area contributed by atoms with Gasteiger partial charge >= 0.3 is 0 Å². The Morgan fingerprint density at radius 1 is 1.56 bits per heavy atom. The largest absolute Gasteiger partial charge is 0.393 e. The molecule has 4 heteroatoms. The predicted molar refractivity (Wildman–Crippen MR) is 70.0 cm³/mol. The normalized spacial score (nSPS) is 23.9. The number of nitrogens with two attached hydrogens (primary N) is 1. The van der Waals surface area contributed by atoms with Gasteiger partial charge in [0.15, 0.2) is 0 Å². The summed E-state index contributed by atoms with van der Waals surface area (Å²) in [6.45, 7) is 9.11. The van der Waals surface area contributed by atoms with Crippen LogP contribution in [0.4, 0.5) is 0 Å². The van der Waals surface area contributed by atoms with Crippen molar-refractivity contribution in [2.45, 2.75) is 34.1 Å². The summed E-state index contributed by atoms with van der Waals surface area (Å²) in [6.07, 6.45) is 1.19. The van der Waals surface area contributed by atoms with Crippen molar-refractivity contribution in [3.8, 4) is 0 Å². The van der Waals surface area contributed by atoms with Crippen LogP contribution in [0.25, 0.3) is 0 Å². The molecular formula is C12H22N2OS. The Labute approximate surface area is 103 Å². The van der Waals surface area contributed by atoms with Gasteiger partial charge in [-0.05, 0) is 23.7 Å². The summed E-state index contributed by atoms with van der Waals surface area (Å²) >= 11 is 4.93. The van der Waals surface area contributed by atoms with Gasteiger partial charge < -0.3 is 11.1 Å². The maximum absolute atomic E-state index is 11.9. The second-order valence-electron chi connectivity index (χ2n) is 5.76. The number of nitrogens with one attached hydrogen (secondary N) is 1. The van der Waals surface area contributed by atoms with E-state index in [-0.39, 0.29) is 17.7 Å². The van der Waals surface area contributed by atoms with Crippen molar-refractivity contribution in [1.29, 1.82) is 0 Å². The van der Waals surface area contributed by atoms with Crippen molar-refractivity contribution in [3.05, 3.63) is 0 Å². The minimum absolute atomic E-state index is 0.0230. The molecule has 0 aliphatic heterocycles. The quantitative estimate of drug-likeness (QED) is 0.722. The molecule has 1 aliphatic rings. The first-order valence-electron chi connectivity index (χ1n) is 5.82. The lowest BCUT2D eigenvalue weighted by Gasteiger charge is -2.19. The SMILES string of the molecule is CC(C)C(C(=O)NCC1CC1(C)C)C(N)=S. The average Bonchev–Trinajstić information content (AvgIpc) is 2.69. The summed E-state index contributed by atoms with van der Waals surface area (Å²) in [4.78, 5) is 12.2. The van der Waals surface area contributed by atoms with Crippen molar-refractivity contribution in [2.75, 3.05) is 6.54 Å². The Hall–Kier alpha value is -0.640. The minimum Gasteiger partial charge on any atom is -0.393 e. The lowest BCUT2D eigenvalue weighted by Crippen LogP contribution is -2.41. The molecule has 1 saturated carbocycles. The zero-order valence-electron chi connectivity index (χ0n) is 10.5. The van der Waals surface area contributed by atoms with Gasteiger partial charge in [-0.2, -0.15) is 0 Å². The molecule has 1 fully saturated rings. The van der Waals surface area contributed by atoms with Crippen molar-refractivity contribution < 1.29 is 4.79 Å². The first kappa shape index (κ1) is 13.4. The van der Waals surface area contributed by atoms with Crippen LogP contribution in [-0.2, 0) is 4.79 Å². The molecule has 0 aromatic heterocycles. The summed E-state index contributed by atoms with van der Waals surface area (Å²) in [5, 5.41) is 2.96. The van der Waals surface area contributed by atoms with E-state index in [4.69, 9.17) is 18.0 Å². The van der Waals surface area contributed by atoms with Crippen molar-refractivity contribution >= 4 is 23.1 Å². The molecule has 1 rings (SSSR count). The highest BCUT2D eigenvalue weighted by Gasteiger charge is 2.45. The molecule has 0 aromatic carbocycles. The summed E-state index contributed by atoms with van der Waals surface area (Å²) in [5.41, 5.74) is 5.98. The Balaban J connectivity index is 2.42. The summed E-state index contributed by atoms with van der Waals surface area (Å²) in [7, 11) is 0. The van der Waals surface area contributed by atoms with Gasteiger partial charge in [0.25, 0.3) is 0 Å². The number of amides is 1. The van der Waals surface area contributed by atoms with Crippen LogP contribution in [0, 0.1) is 23.2 Å². The second kappa shape index (κ2) is 4.70. The molecule has 1 aliphatic carbocycles. The van der Waals surface area contributed by atoms with E-state index in [1.165, 1.54) is 6.42 Å². The first-order valence-corrected chi connectivity index (χ1v) is 6.23. The monoisotopic (exact) mass is 242 g/mol. The van der Waals surface area contributed by atoms with Crippen LogP contribution in [0.5, 0.6) is 0 Å². The van der Waals surface area contributed by atoms with Crippen LogP contribution in [0.15, 0.2) is 0 Å². The van der Waals surface area contributed by atoms with E-state index in [1.54, 1.807) is 0 Å². The van der Waals surface area contributed by atoms with Gasteiger partial charge in [-0.1, -0.05) is 39.9 Å². The third-order valence-corrected chi connectivity index (χ3v) is 3.75. The van der Waals surface area contributed by atoms with Gasteiger partial charge in [0.1, 0.15) is 0 Å². The van der Waals surface area contributed by atoms with Crippen molar-refractivity contribution in [3.63, 3.8) is 0 Å². The third kappa shape index (κ3) is 3.17. The zero-order valence-corrected chi connectivity index (χ0v) is 11.4. The summed E-state index contributed by atoms with van der Waals surface area (Å²) in [6, 6.07) is 0. The Bertz CT molecular complexity index is 299. The highest BCUT2D eigenvalue weighted by Crippen LogP contribution is 2.50. The predicted octanol–water partition coefficient (Wildman–Crippen LogP) is 1.71. The Morgan fingerprint density at radius 3 is 2.38 bits per heavy atom.